The highest BCUT2D eigenvalue weighted by atomic mass is 19.4. The van der Waals surface area contributed by atoms with E-state index < -0.39 is 18.1 Å². The van der Waals surface area contributed by atoms with E-state index in [1.807, 2.05) is 20.8 Å². The zero-order valence-electron chi connectivity index (χ0n) is 12.3. The van der Waals surface area contributed by atoms with Gasteiger partial charge in [-0.15, -0.1) is 0 Å². The van der Waals surface area contributed by atoms with E-state index in [2.05, 4.69) is 0 Å². The van der Waals surface area contributed by atoms with Crippen LogP contribution in [0.25, 0.3) is 0 Å². The smallest absolute Gasteiger partial charge is 0.339 e. The van der Waals surface area contributed by atoms with E-state index in [9.17, 15) is 18.0 Å². The largest absolute Gasteiger partial charge is 0.401 e. The van der Waals surface area contributed by atoms with Crippen molar-refractivity contribution in [2.45, 2.75) is 58.3 Å². The fourth-order valence-corrected chi connectivity index (χ4v) is 3.30. The van der Waals surface area contributed by atoms with Gasteiger partial charge in [-0.05, 0) is 12.8 Å². The maximum atomic E-state index is 12.7. The predicted octanol–water partition coefficient (Wildman–Crippen LogP) is 2.66. The molecule has 0 spiro atoms. The normalized spacial score (nSPS) is 28.6. The second-order valence-corrected chi connectivity index (χ2v) is 6.99. The number of piperazine rings is 1. The van der Waals surface area contributed by atoms with E-state index in [1.54, 1.807) is 9.80 Å². The molecule has 20 heavy (non-hydrogen) atoms. The third kappa shape index (κ3) is 3.45. The van der Waals surface area contributed by atoms with Crippen molar-refractivity contribution >= 4 is 5.91 Å². The molecule has 0 N–H and O–H groups in total. The number of amides is 1. The minimum Gasteiger partial charge on any atom is -0.339 e. The van der Waals surface area contributed by atoms with Crippen LogP contribution in [0, 0.1) is 5.41 Å². The highest BCUT2D eigenvalue weighted by molar-refractivity contribution is 5.81. The second kappa shape index (κ2) is 5.20. The van der Waals surface area contributed by atoms with Gasteiger partial charge in [-0.25, -0.2) is 0 Å². The highest BCUT2D eigenvalue weighted by Crippen LogP contribution is 2.33. The first-order valence-corrected chi connectivity index (χ1v) is 7.20. The average molecular weight is 292 g/mol. The van der Waals surface area contributed by atoms with Gasteiger partial charge in [-0.1, -0.05) is 27.2 Å². The average Bonchev–Trinajstić information content (AvgIpc) is 2.24. The molecule has 0 aromatic carbocycles. The minimum atomic E-state index is -4.16. The lowest BCUT2D eigenvalue weighted by Gasteiger charge is -2.51. The van der Waals surface area contributed by atoms with Gasteiger partial charge in [-0.2, -0.15) is 13.2 Å². The Bertz CT molecular complexity index is 362. The number of halogens is 3. The Morgan fingerprint density at radius 3 is 2.00 bits per heavy atom. The molecule has 2 aliphatic rings. The van der Waals surface area contributed by atoms with Crippen molar-refractivity contribution in [1.82, 2.24) is 9.80 Å². The first kappa shape index (κ1) is 15.6. The topological polar surface area (TPSA) is 23.6 Å². The number of nitrogens with zero attached hydrogens (tertiary/aromatic N) is 2. The molecule has 1 amide bonds. The van der Waals surface area contributed by atoms with Gasteiger partial charge < -0.3 is 4.90 Å². The van der Waals surface area contributed by atoms with E-state index >= 15 is 0 Å². The lowest BCUT2D eigenvalue weighted by atomic mass is 9.88. The fraction of sp³-hybridized carbons (Fsp3) is 0.929. The molecule has 2 heterocycles. The van der Waals surface area contributed by atoms with Crippen molar-refractivity contribution in [2.75, 3.05) is 19.6 Å². The summed E-state index contributed by atoms with van der Waals surface area (Å²) in [6, 6.07) is -0.286. The third-order valence-corrected chi connectivity index (χ3v) is 4.17. The molecule has 0 saturated carbocycles. The third-order valence-electron chi connectivity index (χ3n) is 4.17. The predicted molar refractivity (Wildman–Crippen MR) is 70.2 cm³/mol. The Labute approximate surface area is 118 Å². The maximum Gasteiger partial charge on any atom is 0.401 e. The minimum absolute atomic E-state index is 0.0426. The number of alkyl halides is 3. The molecule has 6 heteroatoms. The van der Waals surface area contributed by atoms with Crippen LogP contribution in [0.5, 0.6) is 0 Å². The van der Waals surface area contributed by atoms with E-state index in [0.717, 1.165) is 19.3 Å². The Balaban J connectivity index is 2.09. The van der Waals surface area contributed by atoms with Gasteiger partial charge in [0, 0.05) is 30.6 Å². The summed E-state index contributed by atoms with van der Waals surface area (Å²) >= 11 is 0. The Morgan fingerprint density at radius 1 is 1.10 bits per heavy atom. The molecule has 2 bridgehead atoms. The van der Waals surface area contributed by atoms with Gasteiger partial charge >= 0.3 is 6.18 Å². The van der Waals surface area contributed by atoms with Crippen LogP contribution in [0.1, 0.15) is 40.0 Å². The molecule has 3 nitrogen and oxygen atoms in total. The standard InChI is InChI=1S/C14H23F3N2O/c1-13(2,3)12(20)18-7-10-5-4-6-11(8-18)19(10)9-14(15,16)17/h10-11H,4-9H2,1-3H3. The number of hydrogen-bond donors (Lipinski definition) is 0. The second-order valence-electron chi connectivity index (χ2n) is 6.99. The first-order valence-electron chi connectivity index (χ1n) is 7.20. The quantitative estimate of drug-likeness (QED) is 0.742. The van der Waals surface area contributed by atoms with Gasteiger partial charge in [0.2, 0.25) is 5.91 Å². The summed E-state index contributed by atoms with van der Waals surface area (Å²) in [4.78, 5) is 15.7. The molecule has 2 unspecified atom stereocenters. The summed E-state index contributed by atoms with van der Waals surface area (Å²) in [6.45, 7) is 5.58. The molecule has 0 aliphatic carbocycles. The monoisotopic (exact) mass is 292 g/mol. The highest BCUT2D eigenvalue weighted by Gasteiger charge is 2.44. The van der Waals surface area contributed by atoms with Crippen LogP contribution in [0.4, 0.5) is 13.2 Å². The van der Waals surface area contributed by atoms with E-state index in [-0.39, 0.29) is 18.0 Å². The molecule has 2 atom stereocenters. The summed E-state index contributed by atoms with van der Waals surface area (Å²) < 4.78 is 38.0. The summed E-state index contributed by atoms with van der Waals surface area (Å²) in [5, 5.41) is 0. The Kier molecular flexibility index (Phi) is 4.06. The molecule has 0 radical (unpaired) electrons. The molecular weight excluding hydrogens is 269 g/mol. The van der Waals surface area contributed by atoms with Crippen molar-refractivity contribution in [3.05, 3.63) is 0 Å². The zero-order chi connectivity index (χ0) is 15.1. The van der Waals surface area contributed by atoms with Crippen LogP contribution in [-0.4, -0.2) is 53.6 Å². The van der Waals surface area contributed by atoms with Gasteiger partial charge in [0.25, 0.3) is 0 Å². The lowest BCUT2D eigenvalue weighted by Crippen LogP contribution is -2.64. The van der Waals surface area contributed by atoms with E-state index in [0.29, 0.717) is 13.1 Å². The molecule has 0 aromatic heterocycles. The molecule has 2 saturated heterocycles. The number of carbonyl (C=O) groups is 1. The van der Waals surface area contributed by atoms with Crippen LogP contribution in [0.3, 0.4) is 0 Å². The Hall–Kier alpha value is -0.780. The fourth-order valence-electron chi connectivity index (χ4n) is 3.30. The van der Waals surface area contributed by atoms with Crippen molar-refractivity contribution in [1.29, 1.82) is 0 Å². The van der Waals surface area contributed by atoms with E-state index in [4.69, 9.17) is 0 Å². The van der Waals surface area contributed by atoms with Crippen LogP contribution in [0.2, 0.25) is 0 Å². The number of fused-ring (bicyclic) bond motifs is 2. The number of hydrogen-bond acceptors (Lipinski definition) is 2. The lowest BCUT2D eigenvalue weighted by molar-refractivity contribution is -0.173. The zero-order valence-corrected chi connectivity index (χ0v) is 12.3. The van der Waals surface area contributed by atoms with E-state index in [1.165, 1.54) is 0 Å². The van der Waals surface area contributed by atoms with Gasteiger partial charge in [0.1, 0.15) is 0 Å². The maximum absolute atomic E-state index is 12.7. The van der Waals surface area contributed by atoms with Gasteiger partial charge in [-0.3, -0.25) is 9.69 Å². The molecule has 2 rings (SSSR count). The first-order chi connectivity index (χ1) is 9.08. The number of piperidine rings is 1. The van der Waals surface area contributed by atoms with Crippen LogP contribution >= 0.6 is 0 Å². The molecule has 2 aliphatic heterocycles. The number of rotatable bonds is 1. The van der Waals surface area contributed by atoms with Crippen molar-refractivity contribution in [3.8, 4) is 0 Å². The van der Waals surface area contributed by atoms with Crippen molar-refractivity contribution < 1.29 is 18.0 Å². The SMILES string of the molecule is CC(C)(C)C(=O)N1CC2CCCC(C1)N2CC(F)(F)F. The van der Waals surface area contributed by atoms with Gasteiger partial charge in [0.05, 0.1) is 6.54 Å². The molecule has 0 aromatic rings. The van der Waals surface area contributed by atoms with Crippen LogP contribution in [-0.2, 0) is 4.79 Å². The van der Waals surface area contributed by atoms with Crippen molar-refractivity contribution in [3.63, 3.8) is 0 Å². The van der Waals surface area contributed by atoms with Crippen molar-refractivity contribution in [2.24, 2.45) is 5.41 Å². The van der Waals surface area contributed by atoms with Crippen LogP contribution in [0.15, 0.2) is 0 Å². The molecule has 2 fully saturated rings. The van der Waals surface area contributed by atoms with Crippen LogP contribution < -0.4 is 0 Å². The van der Waals surface area contributed by atoms with Gasteiger partial charge in [0.15, 0.2) is 0 Å². The summed E-state index contributed by atoms with van der Waals surface area (Å²) in [7, 11) is 0. The number of likely N-dealkylation sites (tertiary alicyclic amines) is 1. The number of carbonyl (C=O) groups excluding carboxylic acids is 1. The summed E-state index contributed by atoms with van der Waals surface area (Å²) in [5.74, 6) is 0.0426. The summed E-state index contributed by atoms with van der Waals surface area (Å²) in [5.41, 5.74) is -0.472. The summed E-state index contributed by atoms with van der Waals surface area (Å²) in [6.07, 6.45) is -1.70. The molecule has 116 valence electrons. The Morgan fingerprint density at radius 2 is 1.60 bits per heavy atom. The molecular formula is C14H23F3N2O.